The molecule has 18 heavy (non-hydrogen) atoms. The fourth-order valence-corrected chi connectivity index (χ4v) is 2.51. The third kappa shape index (κ3) is 2.28. The van der Waals surface area contributed by atoms with Gasteiger partial charge in [-0.25, -0.2) is 9.78 Å². The number of thiazole rings is 1. The van der Waals surface area contributed by atoms with Gasteiger partial charge in [0.25, 0.3) is 0 Å². The zero-order valence-corrected chi connectivity index (χ0v) is 11.6. The molecule has 1 N–H and O–H groups in total. The van der Waals surface area contributed by atoms with Crippen LogP contribution in [0.4, 0.5) is 0 Å². The topological polar surface area (TPSA) is 67.9 Å². The molecule has 96 valence electrons. The first kappa shape index (κ1) is 12.8. The van der Waals surface area contributed by atoms with Gasteiger partial charge in [-0.3, -0.25) is 5.10 Å². The number of methoxy groups -OCH3 is 1. The number of carbonyl (C=O) groups excluding carboxylic acids is 1. The lowest BCUT2D eigenvalue weighted by Crippen LogP contribution is -2.11. The first-order valence-electron chi connectivity index (χ1n) is 5.51. The zero-order valence-electron chi connectivity index (χ0n) is 10.8. The van der Waals surface area contributed by atoms with Gasteiger partial charge in [-0.2, -0.15) is 5.10 Å². The van der Waals surface area contributed by atoms with E-state index in [2.05, 4.69) is 36.0 Å². The predicted molar refractivity (Wildman–Crippen MR) is 69.7 cm³/mol. The van der Waals surface area contributed by atoms with Crippen LogP contribution in [0.5, 0.6) is 0 Å². The van der Waals surface area contributed by atoms with Gasteiger partial charge in [-0.1, -0.05) is 20.8 Å². The molecule has 0 radical (unpaired) electrons. The summed E-state index contributed by atoms with van der Waals surface area (Å²) in [5.41, 5.74) is 2.01. The number of carbonyl (C=O) groups is 1. The van der Waals surface area contributed by atoms with Crippen molar-refractivity contribution in [2.45, 2.75) is 26.2 Å². The lowest BCUT2D eigenvalue weighted by Gasteiger charge is -2.14. The van der Waals surface area contributed by atoms with E-state index in [1.165, 1.54) is 18.4 Å². The van der Waals surface area contributed by atoms with Gasteiger partial charge in [-0.05, 0) is 0 Å². The average molecular weight is 265 g/mol. The predicted octanol–water partition coefficient (Wildman–Crippen LogP) is 2.62. The highest BCUT2D eigenvalue weighted by molar-refractivity contribution is 7.13. The summed E-state index contributed by atoms with van der Waals surface area (Å²) in [6.07, 6.45) is 1.59. The number of hydrogen-bond donors (Lipinski definition) is 1. The number of nitrogens with one attached hydrogen (secondary N) is 1. The Balaban J connectivity index is 2.41. The summed E-state index contributed by atoms with van der Waals surface area (Å²) in [4.78, 5) is 16.1. The summed E-state index contributed by atoms with van der Waals surface area (Å²) in [5.74, 6) is -0.435. The number of esters is 1. The van der Waals surface area contributed by atoms with Gasteiger partial charge in [0.1, 0.15) is 5.01 Å². The number of ether oxygens (including phenoxy) is 1. The molecule has 2 heterocycles. The van der Waals surface area contributed by atoms with Crippen molar-refractivity contribution < 1.29 is 9.53 Å². The van der Waals surface area contributed by atoms with Crippen LogP contribution < -0.4 is 0 Å². The van der Waals surface area contributed by atoms with Gasteiger partial charge in [0.15, 0.2) is 5.69 Å². The Morgan fingerprint density at radius 1 is 1.44 bits per heavy atom. The highest BCUT2D eigenvalue weighted by Gasteiger charge is 2.22. The molecule has 0 aliphatic rings. The SMILES string of the molecule is COC(=O)c1[nH]ncc1-c1nc(C(C)(C)C)cs1. The summed E-state index contributed by atoms with van der Waals surface area (Å²) >= 11 is 1.50. The standard InChI is InChI=1S/C12H15N3O2S/c1-12(2,3)8-6-18-10(14-8)7-5-13-15-9(7)11(16)17-4/h5-6H,1-4H3,(H,13,15). The largest absolute Gasteiger partial charge is 0.464 e. The highest BCUT2D eigenvalue weighted by atomic mass is 32.1. The molecule has 0 fully saturated rings. The van der Waals surface area contributed by atoms with Gasteiger partial charge in [0.2, 0.25) is 0 Å². The molecular weight excluding hydrogens is 250 g/mol. The van der Waals surface area contributed by atoms with Crippen molar-refractivity contribution in [2.24, 2.45) is 0 Å². The van der Waals surface area contributed by atoms with Crippen LogP contribution in [0.3, 0.4) is 0 Å². The van der Waals surface area contributed by atoms with E-state index in [4.69, 9.17) is 4.74 Å². The van der Waals surface area contributed by atoms with Crippen molar-refractivity contribution in [2.75, 3.05) is 7.11 Å². The molecular formula is C12H15N3O2S. The third-order valence-corrected chi connectivity index (χ3v) is 3.41. The van der Waals surface area contributed by atoms with Gasteiger partial charge in [-0.15, -0.1) is 11.3 Å². The lowest BCUT2D eigenvalue weighted by molar-refractivity contribution is 0.0595. The maximum Gasteiger partial charge on any atom is 0.356 e. The van der Waals surface area contributed by atoms with Crippen molar-refractivity contribution >= 4 is 17.3 Å². The quantitative estimate of drug-likeness (QED) is 0.847. The smallest absolute Gasteiger partial charge is 0.356 e. The minimum absolute atomic E-state index is 0.0100. The molecule has 2 rings (SSSR count). The second-order valence-electron chi connectivity index (χ2n) is 4.94. The van der Waals surface area contributed by atoms with Crippen molar-refractivity contribution in [3.05, 3.63) is 23.0 Å². The summed E-state index contributed by atoms with van der Waals surface area (Å²) in [5, 5.41) is 9.30. The number of aromatic amines is 1. The van der Waals surface area contributed by atoms with Gasteiger partial charge in [0, 0.05) is 10.8 Å². The summed E-state index contributed by atoms with van der Waals surface area (Å²) in [6, 6.07) is 0. The minimum Gasteiger partial charge on any atom is -0.464 e. The Kier molecular flexibility index (Phi) is 3.21. The number of rotatable bonds is 2. The van der Waals surface area contributed by atoms with E-state index in [1.807, 2.05) is 5.38 Å². The zero-order chi connectivity index (χ0) is 13.3. The van der Waals surface area contributed by atoms with Gasteiger partial charge < -0.3 is 4.74 Å². The van der Waals surface area contributed by atoms with Crippen molar-refractivity contribution in [3.63, 3.8) is 0 Å². The van der Waals surface area contributed by atoms with E-state index in [0.29, 0.717) is 11.3 Å². The van der Waals surface area contributed by atoms with Crippen LogP contribution >= 0.6 is 11.3 Å². The normalized spacial score (nSPS) is 11.6. The maximum absolute atomic E-state index is 11.6. The van der Waals surface area contributed by atoms with Crippen LogP contribution in [-0.2, 0) is 10.2 Å². The molecule has 0 aromatic carbocycles. The van der Waals surface area contributed by atoms with E-state index < -0.39 is 5.97 Å². The summed E-state index contributed by atoms with van der Waals surface area (Å²) in [7, 11) is 1.34. The Labute approximate surface area is 109 Å². The molecule has 0 saturated carbocycles. The average Bonchev–Trinajstić information content (AvgIpc) is 2.94. The monoisotopic (exact) mass is 265 g/mol. The molecule has 0 unspecified atom stereocenters. The number of hydrogen-bond acceptors (Lipinski definition) is 5. The molecule has 0 spiro atoms. The van der Waals surface area contributed by atoms with Crippen molar-refractivity contribution in [1.29, 1.82) is 0 Å². The molecule has 0 atom stereocenters. The lowest BCUT2D eigenvalue weighted by atomic mass is 9.93. The maximum atomic E-state index is 11.6. The number of nitrogens with zero attached hydrogens (tertiary/aromatic N) is 2. The van der Waals surface area contributed by atoms with Gasteiger partial charge in [0.05, 0.1) is 24.6 Å². The Morgan fingerprint density at radius 3 is 2.72 bits per heavy atom. The van der Waals surface area contributed by atoms with Crippen LogP contribution in [0.1, 0.15) is 37.0 Å². The third-order valence-electron chi connectivity index (χ3n) is 2.53. The minimum atomic E-state index is -0.435. The van der Waals surface area contributed by atoms with E-state index >= 15 is 0 Å². The second-order valence-corrected chi connectivity index (χ2v) is 5.80. The first-order valence-corrected chi connectivity index (χ1v) is 6.39. The van der Waals surface area contributed by atoms with Crippen LogP contribution in [0.25, 0.3) is 10.6 Å². The fraction of sp³-hybridized carbons (Fsp3) is 0.417. The number of aromatic nitrogens is 3. The fourth-order valence-electron chi connectivity index (χ4n) is 1.45. The molecule has 0 bridgehead atoms. The number of H-pyrrole nitrogens is 1. The molecule has 0 aliphatic carbocycles. The molecule has 0 aliphatic heterocycles. The van der Waals surface area contributed by atoms with E-state index in [0.717, 1.165) is 10.7 Å². The van der Waals surface area contributed by atoms with Crippen molar-refractivity contribution in [3.8, 4) is 10.6 Å². The van der Waals surface area contributed by atoms with Crippen LogP contribution in [0.15, 0.2) is 11.6 Å². The van der Waals surface area contributed by atoms with E-state index in [9.17, 15) is 4.79 Å². The van der Waals surface area contributed by atoms with Crippen LogP contribution in [-0.4, -0.2) is 28.3 Å². The molecule has 2 aromatic rings. The first-order chi connectivity index (χ1) is 8.43. The molecule has 6 heteroatoms. The molecule has 5 nitrogen and oxygen atoms in total. The Bertz CT molecular complexity index is 566. The Hall–Kier alpha value is -1.69. The molecule has 0 saturated heterocycles. The summed E-state index contributed by atoms with van der Waals surface area (Å²) < 4.78 is 4.70. The molecule has 2 aromatic heterocycles. The van der Waals surface area contributed by atoms with Crippen molar-refractivity contribution in [1.82, 2.24) is 15.2 Å². The van der Waals surface area contributed by atoms with Crippen LogP contribution in [0, 0.1) is 0 Å². The van der Waals surface area contributed by atoms with Crippen LogP contribution in [0.2, 0.25) is 0 Å². The molecule has 0 amide bonds. The Morgan fingerprint density at radius 2 is 2.17 bits per heavy atom. The van der Waals surface area contributed by atoms with Gasteiger partial charge >= 0.3 is 5.97 Å². The van der Waals surface area contributed by atoms with E-state index in [1.54, 1.807) is 6.20 Å². The van der Waals surface area contributed by atoms with E-state index in [-0.39, 0.29) is 5.41 Å². The summed E-state index contributed by atoms with van der Waals surface area (Å²) in [6.45, 7) is 6.30. The highest BCUT2D eigenvalue weighted by Crippen LogP contribution is 2.30. The second kappa shape index (κ2) is 4.53.